The second-order valence-corrected chi connectivity index (χ2v) is 9.57. The van der Waals surface area contributed by atoms with E-state index in [-0.39, 0.29) is 11.2 Å². The van der Waals surface area contributed by atoms with E-state index in [4.69, 9.17) is 4.42 Å². The van der Waals surface area contributed by atoms with Crippen LogP contribution in [0.3, 0.4) is 0 Å². The Balaban J connectivity index is 1.18. The number of hydrogen-bond acceptors (Lipinski definition) is 7. The van der Waals surface area contributed by atoms with Crippen molar-refractivity contribution in [1.82, 2.24) is 20.2 Å². The van der Waals surface area contributed by atoms with Gasteiger partial charge in [0.05, 0.1) is 5.39 Å². The minimum Gasteiger partial charge on any atom is -0.420 e. The molecule has 0 N–H and O–H groups in total. The molecular formula is C22H20FN5OS. The van der Waals surface area contributed by atoms with Gasteiger partial charge in [-0.05, 0) is 55.9 Å². The van der Waals surface area contributed by atoms with E-state index in [9.17, 15) is 4.39 Å². The first-order valence-corrected chi connectivity index (χ1v) is 11.0. The normalized spacial score (nSPS) is 20.2. The summed E-state index contributed by atoms with van der Waals surface area (Å²) in [6, 6.07) is 8.46. The number of benzene rings is 1. The summed E-state index contributed by atoms with van der Waals surface area (Å²) in [5, 5.41) is 9.59. The Morgan fingerprint density at radius 3 is 2.87 bits per heavy atom. The van der Waals surface area contributed by atoms with Gasteiger partial charge in [0.15, 0.2) is 0 Å². The van der Waals surface area contributed by atoms with Gasteiger partial charge in [0, 0.05) is 29.4 Å². The highest BCUT2D eigenvalue weighted by molar-refractivity contribution is 7.18. The van der Waals surface area contributed by atoms with Gasteiger partial charge >= 0.3 is 0 Å². The van der Waals surface area contributed by atoms with Crippen LogP contribution in [0.4, 0.5) is 10.2 Å². The molecule has 1 aliphatic heterocycles. The average molecular weight is 422 g/mol. The zero-order valence-electron chi connectivity index (χ0n) is 16.5. The van der Waals surface area contributed by atoms with E-state index in [0.717, 1.165) is 48.4 Å². The fraction of sp³-hybridized carbons (Fsp3) is 0.364. The molecule has 1 unspecified atom stereocenters. The molecule has 4 heterocycles. The quantitative estimate of drug-likeness (QED) is 0.466. The van der Waals surface area contributed by atoms with Crippen LogP contribution in [0.5, 0.6) is 0 Å². The van der Waals surface area contributed by atoms with E-state index in [1.165, 1.54) is 17.0 Å². The van der Waals surface area contributed by atoms with Crippen LogP contribution in [0.2, 0.25) is 0 Å². The molecule has 0 bridgehead atoms. The topological polar surface area (TPSA) is 67.9 Å². The van der Waals surface area contributed by atoms with Crippen molar-refractivity contribution in [2.24, 2.45) is 5.41 Å². The van der Waals surface area contributed by atoms with Crippen molar-refractivity contribution in [2.75, 3.05) is 18.0 Å². The van der Waals surface area contributed by atoms with Gasteiger partial charge in [-0.25, -0.2) is 14.4 Å². The van der Waals surface area contributed by atoms with E-state index in [2.05, 4.69) is 38.1 Å². The lowest BCUT2D eigenvalue weighted by Crippen LogP contribution is -2.35. The van der Waals surface area contributed by atoms with Crippen molar-refractivity contribution in [3.63, 3.8) is 0 Å². The Kier molecular flexibility index (Phi) is 3.93. The molecule has 2 fully saturated rings. The Labute approximate surface area is 176 Å². The van der Waals surface area contributed by atoms with E-state index in [1.54, 1.807) is 29.8 Å². The lowest BCUT2D eigenvalue weighted by molar-refractivity contribution is 0.352. The van der Waals surface area contributed by atoms with Gasteiger partial charge in [0.25, 0.3) is 0 Å². The summed E-state index contributed by atoms with van der Waals surface area (Å²) in [4.78, 5) is 13.7. The standard InChI is InChI=1S/C22H20FN5OS/c1-13-9-16-18(24-12-25-21(16)30-13)28-7-5-22(6-8-28)11-17(22)20-27-26-19(29-20)14-3-2-4-15(23)10-14/h2-4,9-10,12,17H,5-8,11H2,1H3. The molecule has 6 rings (SSSR count). The van der Waals surface area contributed by atoms with Gasteiger partial charge in [-0.2, -0.15) is 0 Å². The second-order valence-electron chi connectivity index (χ2n) is 8.34. The first kappa shape index (κ1) is 17.9. The third kappa shape index (κ3) is 2.89. The van der Waals surface area contributed by atoms with Crippen LogP contribution in [-0.4, -0.2) is 33.3 Å². The molecule has 1 atom stereocenters. The van der Waals surface area contributed by atoms with Crippen molar-refractivity contribution >= 4 is 27.4 Å². The Morgan fingerprint density at radius 2 is 2.03 bits per heavy atom. The molecule has 0 amide bonds. The molecule has 152 valence electrons. The summed E-state index contributed by atoms with van der Waals surface area (Å²) >= 11 is 1.71. The second kappa shape index (κ2) is 6.57. The predicted molar refractivity (Wildman–Crippen MR) is 113 cm³/mol. The smallest absolute Gasteiger partial charge is 0.247 e. The van der Waals surface area contributed by atoms with E-state index < -0.39 is 0 Å². The first-order chi connectivity index (χ1) is 14.6. The summed E-state index contributed by atoms with van der Waals surface area (Å²) in [6.45, 7) is 4.03. The maximum Gasteiger partial charge on any atom is 0.247 e. The van der Waals surface area contributed by atoms with Crippen molar-refractivity contribution in [3.8, 4) is 11.5 Å². The molecule has 2 aliphatic rings. The molecule has 1 saturated heterocycles. The molecule has 1 saturated carbocycles. The molecule has 4 aromatic rings. The zero-order valence-corrected chi connectivity index (χ0v) is 17.3. The van der Waals surface area contributed by atoms with Crippen molar-refractivity contribution in [1.29, 1.82) is 0 Å². The van der Waals surface area contributed by atoms with Crippen LogP contribution in [0.15, 0.2) is 41.1 Å². The number of piperidine rings is 1. The van der Waals surface area contributed by atoms with Crippen LogP contribution in [-0.2, 0) is 0 Å². The Bertz CT molecular complexity index is 1240. The number of rotatable bonds is 3. The monoisotopic (exact) mass is 421 g/mol. The SMILES string of the molecule is Cc1cc2c(N3CCC4(CC3)CC4c3nnc(-c4cccc(F)c4)o3)ncnc2s1. The van der Waals surface area contributed by atoms with Crippen LogP contribution in [0.25, 0.3) is 21.7 Å². The maximum absolute atomic E-state index is 13.5. The van der Waals surface area contributed by atoms with Crippen LogP contribution >= 0.6 is 11.3 Å². The number of aromatic nitrogens is 4. The summed E-state index contributed by atoms with van der Waals surface area (Å²) in [7, 11) is 0. The summed E-state index contributed by atoms with van der Waals surface area (Å²) < 4.78 is 19.4. The molecule has 1 spiro atoms. The van der Waals surface area contributed by atoms with Crippen LogP contribution in [0, 0.1) is 18.2 Å². The summed E-state index contributed by atoms with van der Waals surface area (Å²) in [6.07, 6.45) is 4.89. The molecular weight excluding hydrogens is 401 g/mol. The van der Waals surface area contributed by atoms with Crippen molar-refractivity contribution in [2.45, 2.75) is 32.1 Å². The number of hydrogen-bond donors (Lipinski definition) is 0. The van der Waals surface area contributed by atoms with Crippen LogP contribution in [0.1, 0.15) is 35.9 Å². The minimum atomic E-state index is -0.304. The highest BCUT2D eigenvalue weighted by atomic mass is 32.1. The van der Waals surface area contributed by atoms with Crippen molar-refractivity contribution < 1.29 is 8.81 Å². The van der Waals surface area contributed by atoms with Gasteiger partial charge in [-0.15, -0.1) is 21.5 Å². The zero-order chi connectivity index (χ0) is 20.3. The highest BCUT2D eigenvalue weighted by Gasteiger charge is 2.58. The molecule has 8 heteroatoms. The number of thiophene rings is 1. The molecule has 6 nitrogen and oxygen atoms in total. The van der Waals surface area contributed by atoms with Crippen molar-refractivity contribution in [3.05, 3.63) is 53.2 Å². The number of aryl methyl sites for hydroxylation is 1. The van der Waals surface area contributed by atoms with E-state index in [0.29, 0.717) is 23.3 Å². The number of nitrogens with zero attached hydrogens (tertiary/aromatic N) is 5. The molecule has 1 aromatic carbocycles. The lowest BCUT2D eigenvalue weighted by Gasteiger charge is -2.33. The van der Waals surface area contributed by atoms with Gasteiger partial charge in [0.2, 0.25) is 11.8 Å². The molecule has 1 aliphatic carbocycles. The van der Waals surface area contributed by atoms with Gasteiger partial charge in [-0.3, -0.25) is 0 Å². The number of halogens is 1. The van der Waals surface area contributed by atoms with Gasteiger partial charge in [-0.1, -0.05) is 6.07 Å². The van der Waals surface area contributed by atoms with Gasteiger partial charge in [0.1, 0.15) is 22.8 Å². The lowest BCUT2D eigenvalue weighted by atomic mass is 9.90. The maximum atomic E-state index is 13.5. The van der Waals surface area contributed by atoms with Crippen LogP contribution < -0.4 is 4.90 Å². The van der Waals surface area contributed by atoms with E-state index in [1.807, 2.05) is 0 Å². The first-order valence-electron chi connectivity index (χ1n) is 10.2. The Hall–Kier alpha value is -2.87. The summed E-state index contributed by atoms with van der Waals surface area (Å²) in [5.74, 6) is 2.11. The minimum absolute atomic E-state index is 0.235. The molecule has 30 heavy (non-hydrogen) atoms. The fourth-order valence-corrected chi connectivity index (χ4v) is 5.58. The average Bonchev–Trinajstić information content (AvgIpc) is 3.08. The largest absolute Gasteiger partial charge is 0.420 e. The number of fused-ring (bicyclic) bond motifs is 1. The van der Waals surface area contributed by atoms with Gasteiger partial charge < -0.3 is 9.32 Å². The highest BCUT2D eigenvalue weighted by Crippen LogP contribution is 2.64. The third-order valence-corrected chi connectivity index (χ3v) is 7.45. The van der Waals surface area contributed by atoms with E-state index >= 15 is 0 Å². The Morgan fingerprint density at radius 1 is 1.17 bits per heavy atom. The molecule has 3 aromatic heterocycles. The fourth-order valence-electron chi connectivity index (χ4n) is 4.74. The number of anilines is 1. The third-order valence-electron chi connectivity index (χ3n) is 6.49. The molecule has 0 radical (unpaired) electrons. The predicted octanol–water partition coefficient (Wildman–Crippen LogP) is 4.96. The summed E-state index contributed by atoms with van der Waals surface area (Å²) in [5.41, 5.74) is 0.857.